The van der Waals surface area contributed by atoms with Crippen molar-refractivity contribution in [2.45, 2.75) is 44.1 Å². The van der Waals surface area contributed by atoms with Crippen molar-refractivity contribution in [2.75, 3.05) is 25.5 Å². The van der Waals surface area contributed by atoms with E-state index in [2.05, 4.69) is 5.32 Å². The fraction of sp³-hybridized carbons (Fsp3) is 0.923. The van der Waals surface area contributed by atoms with Gasteiger partial charge in [-0.15, -0.1) is 0 Å². The molecular weight excluding hydrogens is 232 g/mol. The van der Waals surface area contributed by atoms with Crippen LogP contribution in [0.2, 0.25) is 0 Å². The zero-order valence-corrected chi connectivity index (χ0v) is 11.2. The summed E-state index contributed by atoms with van der Waals surface area (Å²) in [4.78, 5) is 4.72. The molecular formula is C13H22N2OS. The minimum Gasteiger partial charge on any atom is -0.381 e. The molecule has 96 valence electrons. The Bertz CT molecular complexity index is 296. The van der Waals surface area contributed by atoms with Gasteiger partial charge < -0.3 is 10.1 Å². The van der Waals surface area contributed by atoms with Crippen LogP contribution in [0.1, 0.15) is 38.5 Å². The second-order valence-corrected chi connectivity index (χ2v) is 6.54. The number of nitrogens with one attached hydrogen (secondary N) is 1. The van der Waals surface area contributed by atoms with Gasteiger partial charge in [0.15, 0.2) is 5.17 Å². The van der Waals surface area contributed by atoms with Gasteiger partial charge in [-0.3, -0.25) is 4.99 Å². The fourth-order valence-corrected chi connectivity index (χ4v) is 4.00. The van der Waals surface area contributed by atoms with E-state index in [0.717, 1.165) is 38.5 Å². The molecule has 0 unspecified atom stereocenters. The summed E-state index contributed by atoms with van der Waals surface area (Å²) in [6.45, 7) is 2.83. The van der Waals surface area contributed by atoms with Crippen LogP contribution in [0.15, 0.2) is 4.99 Å². The molecule has 0 aromatic rings. The maximum Gasteiger partial charge on any atom is 0.157 e. The largest absolute Gasteiger partial charge is 0.381 e. The molecule has 2 heterocycles. The van der Waals surface area contributed by atoms with E-state index in [1.165, 1.54) is 36.6 Å². The summed E-state index contributed by atoms with van der Waals surface area (Å²) in [7, 11) is 0. The minimum atomic E-state index is 0.304. The summed E-state index contributed by atoms with van der Waals surface area (Å²) in [6.07, 6.45) is 7.89. The van der Waals surface area contributed by atoms with Crippen molar-refractivity contribution in [1.82, 2.24) is 5.32 Å². The molecule has 0 amide bonds. The highest BCUT2D eigenvalue weighted by molar-refractivity contribution is 8.14. The molecule has 1 spiro atoms. The molecule has 0 aromatic heterocycles. The van der Waals surface area contributed by atoms with Crippen LogP contribution >= 0.6 is 11.8 Å². The fourth-order valence-electron chi connectivity index (χ4n) is 2.75. The Hall–Kier alpha value is -0.220. The van der Waals surface area contributed by atoms with Gasteiger partial charge in [0.05, 0.1) is 5.54 Å². The average Bonchev–Trinajstić information content (AvgIpc) is 2.66. The molecule has 1 aliphatic carbocycles. The quantitative estimate of drug-likeness (QED) is 0.840. The van der Waals surface area contributed by atoms with E-state index in [9.17, 15) is 0 Å². The average molecular weight is 254 g/mol. The predicted molar refractivity (Wildman–Crippen MR) is 72.6 cm³/mol. The predicted octanol–water partition coefficient (Wildman–Crippen LogP) is 2.42. The summed E-state index contributed by atoms with van der Waals surface area (Å²) in [6, 6.07) is 0. The van der Waals surface area contributed by atoms with E-state index in [1.807, 2.05) is 11.8 Å². The van der Waals surface area contributed by atoms with Gasteiger partial charge in [-0.25, -0.2) is 0 Å². The second kappa shape index (κ2) is 5.19. The topological polar surface area (TPSA) is 33.6 Å². The third-order valence-corrected chi connectivity index (χ3v) is 5.53. The lowest BCUT2D eigenvalue weighted by Crippen LogP contribution is -2.48. The van der Waals surface area contributed by atoms with Crippen LogP contribution in [0.5, 0.6) is 0 Å². The number of rotatable bonds is 3. The number of thioether (sulfide) groups is 1. The maximum absolute atomic E-state index is 5.44. The summed E-state index contributed by atoms with van der Waals surface area (Å²) in [5.41, 5.74) is 0.304. The molecule has 0 aromatic carbocycles. The van der Waals surface area contributed by atoms with E-state index in [-0.39, 0.29) is 0 Å². The highest BCUT2D eigenvalue weighted by atomic mass is 32.2. The van der Waals surface area contributed by atoms with Crippen molar-refractivity contribution in [3.8, 4) is 0 Å². The number of amidine groups is 1. The van der Waals surface area contributed by atoms with E-state index in [0.29, 0.717) is 5.54 Å². The van der Waals surface area contributed by atoms with Crippen LogP contribution in [-0.2, 0) is 4.74 Å². The molecule has 1 N–H and O–H groups in total. The normalized spacial score (nSPS) is 30.5. The summed E-state index contributed by atoms with van der Waals surface area (Å²) in [5.74, 6) is 2.15. The van der Waals surface area contributed by atoms with E-state index < -0.39 is 0 Å². The molecule has 2 saturated heterocycles. The van der Waals surface area contributed by atoms with Gasteiger partial charge in [-0.2, -0.15) is 0 Å². The standard InChI is InChI=1S/C13H22N2OS/c1-2-11(3-1)4-7-14-12-15-13(10-17-12)5-8-16-9-6-13/h11H,1-10H2,(H,14,15). The first kappa shape index (κ1) is 11.8. The van der Waals surface area contributed by atoms with Crippen molar-refractivity contribution < 1.29 is 4.74 Å². The molecule has 0 atom stereocenters. The highest BCUT2D eigenvalue weighted by Crippen LogP contribution is 2.32. The number of ether oxygens (including phenoxy) is 1. The zero-order chi connectivity index (χ0) is 11.6. The Kier molecular flexibility index (Phi) is 3.61. The Labute approximate surface area is 108 Å². The number of hydrogen-bond donors (Lipinski definition) is 1. The van der Waals surface area contributed by atoms with Crippen molar-refractivity contribution in [1.29, 1.82) is 0 Å². The molecule has 3 fully saturated rings. The van der Waals surface area contributed by atoms with Gasteiger partial charge in [0.25, 0.3) is 0 Å². The first-order chi connectivity index (χ1) is 8.36. The maximum atomic E-state index is 5.44. The van der Waals surface area contributed by atoms with Gasteiger partial charge in [0, 0.05) is 25.5 Å². The minimum absolute atomic E-state index is 0.304. The lowest BCUT2D eigenvalue weighted by atomic mass is 9.83. The van der Waals surface area contributed by atoms with Crippen molar-refractivity contribution >= 4 is 16.9 Å². The van der Waals surface area contributed by atoms with E-state index in [4.69, 9.17) is 9.73 Å². The molecule has 2 aliphatic heterocycles. The van der Waals surface area contributed by atoms with Crippen molar-refractivity contribution in [3.05, 3.63) is 0 Å². The molecule has 1 saturated carbocycles. The van der Waals surface area contributed by atoms with Gasteiger partial charge in [-0.1, -0.05) is 31.0 Å². The highest BCUT2D eigenvalue weighted by Gasteiger charge is 2.38. The van der Waals surface area contributed by atoms with Crippen LogP contribution in [-0.4, -0.2) is 36.2 Å². The van der Waals surface area contributed by atoms with Crippen LogP contribution < -0.4 is 5.32 Å². The Morgan fingerprint density at radius 2 is 2.18 bits per heavy atom. The van der Waals surface area contributed by atoms with Crippen LogP contribution in [0, 0.1) is 5.92 Å². The van der Waals surface area contributed by atoms with Gasteiger partial charge in [-0.05, 0) is 25.2 Å². The monoisotopic (exact) mass is 254 g/mol. The number of hydrogen-bond acceptors (Lipinski definition) is 3. The first-order valence-electron chi connectivity index (χ1n) is 6.90. The molecule has 0 radical (unpaired) electrons. The summed E-state index contributed by atoms with van der Waals surface area (Å²) < 4.78 is 5.44. The van der Waals surface area contributed by atoms with Gasteiger partial charge in [0.2, 0.25) is 0 Å². The molecule has 4 heteroatoms. The zero-order valence-electron chi connectivity index (χ0n) is 10.4. The van der Waals surface area contributed by atoms with Crippen molar-refractivity contribution in [3.63, 3.8) is 0 Å². The summed E-state index contributed by atoms with van der Waals surface area (Å²) in [5, 5.41) is 4.84. The van der Waals surface area contributed by atoms with Gasteiger partial charge in [0.1, 0.15) is 0 Å². The molecule has 17 heavy (non-hydrogen) atoms. The first-order valence-corrected chi connectivity index (χ1v) is 7.88. The molecule has 3 nitrogen and oxygen atoms in total. The van der Waals surface area contributed by atoms with Crippen molar-refractivity contribution in [2.24, 2.45) is 10.9 Å². The molecule has 0 bridgehead atoms. The van der Waals surface area contributed by atoms with E-state index in [1.54, 1.807) is 0 Å². The van der Waals surface area contributed by atoms with E-state index >= 15 is 0 Å². The number of nitrogens with zero attached hydrogens (tertiary/aromatic N) is 1. The second-order valence-electron chi connectivity index (χ2n) is 5.58. The molecule has 3 rings (SSSR count). The SMILES string of the molecule is C1CC(CCN=C2NC3(CCOCC3)CS2)C1. The Morgan fingerprint density at radius 1 is 1.35 bits per heavy atom. The van der Waals surface area contributed by atoms with Gasteiger partial charge >= 0.3 is 0 Å². The number of aliphatic imine (C=N–C) groups is 1. The van der Waals surface area contributed by atoms with Crippen LogP contribution in [0.25, 0.3) is 0 Å². The third-order valence-electron chi connectivity index (χ3n) is 4.32. The summed E-state index contributed by atoms with van der Waals surface area (Å²) >= 11 is 1.91. The van der Waals surface area contributed by atoms with Crippen LogP contribution in [0.4, 0.5) is 0 Å². The molecule has 3 aliphatic rings. The Balaban J connectivity index is 1.46. The lowest BCUT2D eigenvalue weighted by Gasteiger charge is -2.32. The third kappa shape index (κ3) is 2.79. The Morgan fingerprint density at radius 3 is 2.88 bits per heavy atom. The smallest absolute Gasteiger partial charge is 0.157 e. The van der Waals surface area contributed by atoms with Crippen LogP contribution in [0.3, 0.4) is 0 Å². The lowest BCUT2D eigenvalue weighted by molar-refractivity contribution is 0.0555.